The van der Waals surface area contributed by atoms with Crippen LogP contribution in [0.15, 0.2) is 0 Å². The Hall–Kier alpha value is -2.00. The minimum atomic E-state index is -1.17. The normalized spacial score (nSPS) is 16.0. The molecule has 1 fully saturated rings. The summed E-state index contributed by atoms with van der Waals surface area (Å²) in [4.78, 5) is 50.9. The third-order valence-electron chi connectivity index (χ3n) is 4.11. The van der Waals surface area contributed by atoms with Crippen molar-refractivity contribution in [3.8, 4) is 0 Å². The van der Waals surface area contributed by atoms with Gasteiger partial charge >= 0.3 is 5.97 Å². The zero-order valence-electron chi connectivity index (χ0n) is 17.7. The van der Waals surface area contributed by atoms with Gasteiger partial charge in [-0.1, -0.05) is 36.1 Å². The third kappa shape index (κ3) is 13.8. The number of hydrogen-bond acceptors (Lipinski definition) is 7. The Bertz CT molecular complexity index is 557. The van der Waals surface area contributed by atoms with Gasteiger partial charge in [-0.25, -0.2) is 4.79 Å². The van der Waals surface area contributed by atoms with E-state index in [0.717, 1.165) is 0 Å². The topological polar surface area (TPSA) is 113 Å². The van der Waals surface area contributed by atoms with E-state index in [1.807, 2.05) is 28.1 Å². The number of amides is 2. The number of nitrogens with zero attached hydrogens (tertiary/aromatic N) is 2. The van der Waals surface area contributed by atoms with Crippen LogP contribution in [0.5, 0.6) is 0 Å². The van der Waals surface area contributed by atoms with Crippen molar-refractivity contribution in [2.75, 3.05) is 34.3 Å². The largest absolute Gasteiger partial charge is 0.550 e. The summed E-state index contributed by atoms with van der Waals surface area (Å²) in [5, 5.41) is 11.4. The molecule has 0 aromatic rings. The van der Waals surface area contributed by atoms with Crippen molar-refractivity contribution in [3.05, 3.63) is 7.43 Å². The van der Waals surface area contributed by atoms with Crippen LogP contribution in [0.3, 0.4) is 0 Å². The van der Waals surface area contributed by atoms with Crippen molar-refractivity contribution in [2.45, 2.75) is 67.9 Å². The zero-order chi connectivity index (χ0) is 20.8. The highest BCUT2D eigenvalue weighted by atomic mass is 16.7. The molecule has 0 aromatic carbocycles. The maximum Gasteiger partial charge on any atom is 0.335 e. The number of hydroxylamine groups is 2. The fourth-order valence-electron chi connectivity index (χ4n) is 2.88. The number of imide groups is 1. The van der Waals surface area contributed by atoms with Gasteiger partial charge in [0, 0.05) is 31.8 Å². The van der Waals surface area contributed by atoms with Gasteiger partial charge < -0.3 is 31.4 Å². The van der Waals surface area contributed by atoms with Crippen molar-refractivity contribution in [3.63, 3.8) is 0 Å². The van der Waals surface area contributed by atoms with Crippen LogP contribution in [0, 0.1) is 19.3 Å². The van der Waals surface area contributed by atoms with Crippen LogP contribution in [-0.2, 0) is 28.8 Å². The predicted molar refractivity (Wildman–Crippen MR) is 119 cm³/mol. The van der Waals surface area contributed by atoms with E-state index in [-0.39, 0.29) is 61.5 Å². The highest BCUT2D eigenvalue weighted by molar-refractivity contribution is 6.01. The number of carboxylic acids is 1. The molecule has 1 saturated heterocycles. The lowest BCUT2D eigenvalue weighted by molar-refractivity contribution is -0.873. The van der Waals surface area contributed by atoms with Crippen molar-refractivity contribution in [2.24, 2.45) is 11.8 Å². The summed E-state index contributed by atoms with van der Waals surface area (Å²) in [7, 11) is 5.82. The number of aliphatic carboxylic acids is 1. The molecule has 31 heavy (non-hydrogen) atoms. The minimum Gasteiger partial charge on any atom is -0.550 e. The van der Waals surface area contributed by atoms with E-state index >= 15 is 0 Å². The van der Waals surface area contributed by atoms with Gasteiger partial charge in [0.15, 0.2) is 0 Å². The van der Waals surface area contributed by atoms with Crippen molar-refractivity contribution in [1.29, 1.82) is 0 Å². The number of carbonyl (C=O) groups excluding carboxylic acids is 4. The molecule has 9 heteroatoms. The number of carboxylic acid groups (broad SMARTS) is 1. The van der Waals surface area contributed by atoms with Crippen LogP contribution in [0.2, 0.25) is 0 Å². The summed E-state index contributed by atoms with van der Waals surface area (Å²) in [5.41, 5.74) is 0. The molecule has 9 nitrogen and oxygen atoms in total. The van der Waals surface area contributed by atoms with Gasteiger partial charge in [0.25, 0.3) is 11.8 Å². The quantitative estimate of drug-likeness (QED) is 0.269. The molecule has 1 heterocycles. The second kappa shape index (κ2) is 15.8. The lowest BCUT2D eigenvalue weighted by Crippen LogP contribution is -2.45. The van der Waals surface area contributed by atoms with Crippen molar-refractivity contribution >= 4 is 23.8 Å². The molecule has 1 aliphatic rings. The highest BCUT2D eigenvalue weighted by Crippen LogP contribution is 2.18. The van der Waals surface area contributed by atoms with E-state index in [9.17, 15) is 24.3 Å². The molecule has 0 aromatic heterocycles. The lowest BCUT2D eigenvalue weighted by atomic mass is 9.98. The van der Waals surface area contributed by atoms with Crippen LogP contribution in [0.1, 0.15) is 61.8 Å². The van der Waals surface area contributed by atoms with Crippen LogP contribution in [0.4, 0.5) is 0 Å². The number of likely N-dealkylation sites (N-methyl/N-ethyl adjacent to an activating group) is 1. The van der Waals surface area contributed by atoms with Crippen LogP contribution in [-0.4, -0.2) is 73.7 Å². The average molecular weight is 450 g/mol. The number of hydrogen-bond donors (Lipinski definition) is 0. The number of quaternary nitrogens is 1. The van der Waals surface area contributed by atoms with Gasteiger partial charge in [0.05, 0.1) is 27.1 Å². The SMILES string of the molecule is C.C.C.CC(COC(CC(=O)[O-])C[N+](C)(C)C)CC(C)C(=O)ON1C(=O)CCC1=O.[CH3-]. The summed E-state index contributed by atoms with van der Waals surface area (Å²) in [5.74, 6) is -3.43. The summed E-state index contributed by atoms with van der Waals surface area (Å²) in [6.07, 6.45) is -0.163. The van der Waals surface area contributed by atoms with E-state index in [0.29, 0.717) is 22.5 Å². The first-order valence-corrected chi connectivity index (χ1v) is 9.08. The summed E-state index contributed by atoms with van der Waals surface area (Å²) in [6, 6.07) is 0. The van der Waals surface area contributed by atoms with Gasteiger partial charge in [-0.05, 0) is 12.3 Å². The molecule has 0 aliphatic carbocycles. The highest BCUT2D eigenvalue weighted by Gasteiger charge is 2.34. The second-order valence-electron chi connectivity index (χ2n) is 8.24. The van der Waals surface area contributed by atoms with Crippen LogP contribution >= 0.6 is 0 Å². The molecule has 1 rings (SSSR count). The Kier molecular flexibility index (Phi) is 18.5. The molecular formula is C22H45N2O7-. The lowest BCUT2D eigenvalue weighted by Gasteiger charge is -2.30. The first-order chi connectivity index (χ1) is 12.4. The number of ether oxygens (including phenoxy) is 1. The molecule has 3 unspecified atom stereocenters. The van der Waals surface area contributed by atoms with E-state index in [1.54, 1.807) is 6.92 Å². The zero-order valence-corrected chi connectivity index (χ0v) is 17.7. The maximum atomic E-state index is 12.1. The molecule has 3 atom stereocenters. The van der Waals surface area contributed by atoms with E-state index < -0.39 is 35.8 Å². The molecule has 186 valence electrons. The molecule has 0 radical (unpaired) electrons. The molecule has 1 aliphatic heterocycles. The Morgan fingerprint density at radius 3 is 1.97 bits per heavy atom. The Morgan fingerprint density at radius 1 is 1.06 bits per heavy atom. The number of rotatable bonds is 11. The predicted octanol–water partition coefficient (Wildman–Crippen LogP) is 1.85. The maximum absolute atomic E-state index is 12.1. The summed E-state index contributed by atoms with van der Waals surface area (Å²) < 4.78 is 6.28. The van der Waals surface area contributed by atoms with Gasteiger partial charge in [-0.15, -0.1) is 5.06 Å². The third-order valence-corrected chi connectivity index (χ3v) is 4.11. The average Bonchev–Trinajstić information content (AvgIpc) is 2.82. The van der Waals surface area contributed by atoms with Gasteiger partial charge in [0.2, 0.25) is 0 Å². The Morgan fingerprint density at radius 2 is 1.55 bits per heavy atom. The smallest absolute Gasteiger partial charge is 0.335 e. The first-order valence-electron chi connectivity index (χ1n) is 9.08. The minimum absolute atomic E-state index is 0. The van der Waals surface area contributed by atoms with Crippen molar-refractivity contribution in [1.82, 2.24) is 5.06 Å². The van der Waals surface area contributed by atoms with E-state index in [4.69, 9.17) is 9.57 Å². The monoisotopic (exact) mass is 449 g/mol. The number of carbonyl (C=O) groups is 4. The van der Waals surface area contributed by atoms with Crippen molar-refractivity contribution < 1.29 is 38.3 Å². The molecule has 0 spiro atoms. The van der Waals surface area contributed by atoms with Crippen LogP contribution < -0.4 is 5.11 Å². The fourth-order valence-corrected chi connectivity index (χ4v) is 2.88. The van der Waals surface area contributed by atoms with Gasteiger partial charge in [0.1, 0.15) is 12.6 Å². The van der Waals surface area contributed by atoms with Gasteiger partial charge in [-0.2, -0.15) is 0 Å². The molecule has 2 amide bonds. The van der Waals surface area contributed by atoms with Gasteiger partial charge in [-0.3, -0.25) is 9.59 Å². The fraction of sp³-hybridized carbons (Fsp3) is 0.773. The second-order valence-corrected chi connectivity index (χ2v) is 8.24. The molecule has 0 N–H and O–H groups in total. The molecule has 0 saturated carbocycles. The summed E-state index contributed by atoms with van der Waals surface area (Å²) >= 11 is 0. The molecular weight excluding hydrogens is 404 g/mol. The summed E-state index contributed by atoms with van der Waals surface area (Å²) in [6.45, 7) is 4.31. The van der Waals surface area contributed by atoms with E-state index in [1.165, 1.54) is 0 Å². The Balaban J connectivity index is -0.000000911. The standard InChI is InChI=1S/C18H30N2O7.3CH4.CH3/c1-12(11-26-14(9-17(23)24)10-20(3,4)5)8-13(2)18(25)27-19-15(21)6-7-16(19)22;;;;/h12-14H,6-11H2,1-5H3;3*1H4;1H3/q;;;;-1. The van der Waals surface area contributed by atoms with Crippen LogP contribution in [0.25, 0.3) is 0 Å². The van der Waals surface area contributed by atoms with E-state index in [2.05, 4.69) is 0 Å². The first kappa shape index (κ1) is 36.4. The Labute approximate surface area is 189 Å². The molecule has 0 bridgehead atoms.